The maximum atomic E-state index is 13.3. The first-order valence-corrected chi connectivity index (χ1v) is 12.4. The van der Waals surface area contributed by atoms with E-state index in [1.54, 1.807) is 36.9 Å². The lowest BCUT2D eigenvalue weighted by atomic mass is 10.1. The number of amides is 1. The number of hydrogen-bond acceptors (Lipinski definition) is 9. The zero-order valence-electron chi connectivity index (χ0n) is 19.7. The smallest absolute Gasteiger partial charge is 0.269 e. The molecule has 182 valence electrons. The van der Waals surface area contributed by atoms with Crippen molar-refractivity contribution in [3.05, 3.63) is 76.0 Å². The molecule has 4 aromatic rings. The van der Waals surface area contributed by atoms with Crippen LogP contribution in [-0.2, 0) is 4.79 Å². The number of nitrogens with zero attached hydrogens (tertiary/aromatic N) is 5. The van der Waals surface area contributed by atoms with E-state index < -0.39 is 11.2 Å². The molecule has 0 N–H and O–H groups in total. The molecule has 3 heterocycles. The zero-order valence-corrected chi connectivity index (χ0v) is 20.5. The summed E-state index contributed by atoms with van der Waals surface area (Å²) in [7, 11) is 0. The monoisotopic (exact) mass is 503 g/mol. The van der Waals surface area contributed by atoms with E-state index in [-0.39, 0.29) is 23.9 Å². The molecule has 0 saturated heterocycles. The Morgan fingerprint density at radius 2 is 1.94 bits per heavy atom. The molecule has 1 aliphatic rings. The van der Waals surface area contributed by atoms with Crippen LogP contribution in [-0.4, -0.2) is 32.3 Å². The normalized spacial score (nSPS) is 14.4. The van der Waals surface area contributed by atoms with Crippen molar-refractivity contribution < 1.29 is 18.9 Å². The van der Waals surface area contributed by atoms with Crippen LogP contribution in [0.1, 0.15) is 30.9 Å². The molecule has 0 fully saturated rings. The van der Waals surface area contributed by atoms with Crippen molar-refractivity contribution in [2.75, 3.05) is 11.2 Å². The highest BCUT2D eigenvalue weighted by Gasteiger charge is 2.37. The highest BCUT2D eigenvalue weighted by atomic mass is 32.2. The number of anilines is 1. The number of para-hydroxylation sites is 1. The summed E-state index contributed by atoms with van der Waals surface area (Å²) in [6, 6.07) is 15.4. The second-order valence-electron chi connectivity index (χ2n) is 8.02. The largest absolute Gasteiger partial charge is 0.455 e. The van der Waals surface area contributed by atoms with Gasteiger partial charge in [-0.3, -0.25) is 19.8 Å². The van der Waals surface area contributed by atoms with Crippen LogP contribution >= 0.6 is 11.8 Å². The Morgan fingerprint density at radius 1 is 1.14 bits per heavy atom. The Labute approximate surface area is 210 Å². The van der Waals surface area contributed by atoms with Gasteiger partial charge in [-0.2, -0.15) is 4.98 Å². The molecular weight excluding hydrogens is 482 g/mol. The number of aryl methyl sites for hydroxylation is 1. The lowest BCUT2D eigenvalue weighted by Gasteiger charge is -2.29. The van der Waals surface area contributed by atoms with Gasteiger partial charge in [0.1, 0.15) is 5.76 Å². The summed E-state index contributed by atoms with van der Waals surface area (Å²) in [6.45, 7) is 3.55. The summed E-state index contributed by atoms with van der Waals surface area (Å²) in [5.74, 6) is 0.926. The maximum absolute atomic E-state index is 13.3. The lowest BCUT2D eigenvalue weighted by Crippen LogP contribution is -2.37. The predicted octanol–water partition coefficient (Wildman–Crippen LogP) is 5.57. The minimum absolute atomic E-state index is 0.000144. The number of carbonyl (C=O) groups is 1. The number of hydrogen-bond donors (Lipinski definition) is 0. The predicted molar refractivity (Wildman–Crippen MR) is 134 cm³/mol. The molecule has 36 heavy (non-hydrogen) atoms. The number of nitro groups is 1. The SMILES string of the molecule is CCC(=O)N1c2ccccc2-c2nnc(SC)nc2O[C@H]1c1ccc(-c2ccc([N+](=O)[O-])cc2C)o1. The van der Waals surface area contributed by atoms with Gasteiger partial charge in [0.25, 0.3) is 5.69 Å². The van der Waals surface area contributed by atoms with E-state index in [0.717, 1.165) is 0 Å². The van der Waals surface area contributed by atoms with E-state index in [2.05, 4.69) is 15.2 Å². The summed E-state index contributed by atoms with van der Waals surface area (Å²) in [4.78, 5) is 30.0. The van der Waals surface area contributed by atoms with Gasteiger partial charge >= 0.3 is 0 Å². The first kappa shape index (κ1) is 23.5. The molecule has 0 saturated carbocycles. The maximum Gasteiger partial charge on any atom is 0.269 e. The summed E-state index contributed by atoms with van der Waals surface area (Å²) in [5.41, 5.74) is 3.08. The van der Waals surface area contributed by atoms with Crippen molar-refractivity contribution in [2.45, 2.75) is 31.7 Å². The molecule has 1 atom stereocenters. The molecule has 2 aromatic carbocycles. The number of carbonyl (C=O) groups excluding carboxylic acids is 1. The van der Waals surface area contributed by atoms with Crippen molar-refractivity contribution >= 4 is 29.0 Å². The summed E-state index contributed by atoms with van der Waals surface area (Å²) >= 11 is 1.33. The van der Waals surface area contributed by atoms with Gasteiger partial charge in [0, 0.05) is 29.7 Å². The van der Waals surface area contributed by atoms with Gasteiger partial charge in [-0.25, -0.2) is 0 Å². The van der Waals surface area contributed by atoms with E-state index in [4.69, 9.17) is 9.15 Å². The molecule has 5 rings (SSSR count). The highest BCUT2D eigenvalue weighted by molar-refractivity contribution is 7.98. The number of furan rings is 1. The van der Waals surface area contributed by atoms with E-state index in [9.17, 15) is 14.9 Å². The van der Waals surface area contributed by atoms with Crippen LogP contribution in [0.25, 0.3) is 22.6 Å². The number of ether oxygens (including phenoxy) is 1. The Bertz CT molecular complexity index is 1490. The molecule has 0 spiro atoms. The Kier molecular flexibility index (Phi) is 6.15. The molecule has 1 amide bonds. The number of benzene rings is 2. The van der Waals surface area contributed by atoms with E-state index >= 15 is 0 Å². The second-order valence-corrected chi connectivity index (χ2v) is 8.79. The Hall–Kier alpha value is -4.25. The fourth-order valence-corrected chi connectivity index (χ4v) is 4.39. The Morgan fingerprint density at radius 3 is 2.67 bits per heavy atom. The fraction of sp³-hybridized carbons (Fsp3) is 0.200. The average Bonchev–Trinajstić information content (AvgIpc) is 3.32. The molecule has 11 heteroatoms. The van der Waals surface area contributed by atoms with Crippen molar-refractivity contribution in [3.8, 4) is 28.5 Å². The van der Waals surface area contributed by atoms with E-state index in [0.29, 0.717) is 44.7 Å². The van der Waals surface area contributed by atoms with Gasteiger partial charge in [0.15, 0.2) is 11.5 Å². The standard InChI is InChI=1S/C25H21N5O5S/c1-4-21(31)29-18-8-6-5-7-17(18)22-23(26-25(36-3)28-27-22)35-24(29)20-12-11-19(34-20)16-10-9-15(30(32)33)13-14(16)2/h5-13,24H,4H2,1-3H3/t24-/m0/s1. The van der Waals surface area contributed by atoms with E-state index in [1.807, 2.05) is 30.5 Å². The number of thioether (sulfide) groups is 1. The first-order valence-electron chi connectivity index (χ1n) is 11.1. The minimum atomic E-state index is -0.960. The number of fused-ring (bicyclic) bond motifs is 3. The van der Waals surface area contributed by atoms with Gasteiger partial charge in [-0.15, -0.1) is 10.2 Å². The van der Waals surface area contributed by atoms with Crippen molar-refractivity contribution in [2.24, 2.45) is 0 Å². The quantitative estimate of drug-likeness (QED) is 0.195. The second kappa shape index (κ2) is 9.42. The van der Waals surface area contributed by atoms with Gasteiger partial charge in [-0.1, -0.05) is 36.9 Å². The third kappa shape index (κ3) is 4.07. The molecule has 2 aromatic heterocycles. The molecular formula is C25H21N5O5S. The van der Waals surface area contributed by atoms with Crippen LogP contribution < -0.4 is 9.64 Å². The number of nitro benzene ring substituents is 1. The number of rotatable bonds is 5. The van der Waals surface area contributed by atoms with Crippen molar-refractivity contribution in [1.29, 1.82) is 0 Å². The molecule has 0 unspecified atom stereocenters. The van der Waals surface area contributed by atoms with Crippen molar-refractivity contribution in [1.82, 2.24) is 15.2 Å². The number of aromatic nitrogens is 3. The van der Waals surface area contributed by atoms with Gasteiger partial charge < -0.3 is 9.15 Å². The lowest BCUT2D eigenvalue weighted by molar-refractivity contribution is -0.384. The van der Waals surface area contributed by atoms with Gasteiger partial charge in [-0.05, 0) is 43.0 Å². The van der Waals surface area contributed by atoms with Crippen LogP contribution in [0.2, 0.25) is 0 Å². The topological polar surface area (TPSA) is 124 Å². The van der Waals surface area contributed by atoms with Crippen LogP contribution in [0.15, 0.2) is 64.2 Å². The van der Waals surface area contributed by atoms with Gasteiger partial charge in [0.05, 0.1) is 10.6 Å². The zero-order chi connectivity index (χ0) is 25.4. The summed E-state index contributed by atoms with van der Waals surface area (Å²) < 4.78 is 12.5. The summed E-state index contributed by atoms with van der Waals surface area (Å²) in [6.07, 6.45) is 1.11. The summed E-state index contributed by atoms with van der Waals surface area (Å²) in [5, 5.41) is 20.1. The fourth-order valence-electron chi connectivity index (χ4n) is 4.09. The Balaban J connectivity index is 1.65. The number of non-ortho nitro benzene ring substituents is 1. The highest BCUT2D eigenvalue weighted by Crippen LogP contribution is 2.44. The average molecular weight is 504 g/mol. The molecule has 0 bridgehead atoms. The third-order valence-electron chi connectivity index (χ3n) is 5.82. The third-order valence-corrected chi connectivity index (χ3v) is 6.36. The molecule has 0 aliphatic carbocycles. The van der Waals surface area contributed by atoms with Crippen LogP contribution in [0.4, 0.5) is 11.4 Å². The van der Waals surface area contributed by atoms with Gasteiger partial charge in [0.2, 0.25) is 23.2 Å². The molecule has 1 aliphatic heterocycles. The molecule has 0 radical (unpaired) electrons. The van der Waals surface area contributed by atoms with Crippen LogP contribution in [0.3, 0.4) is 0 Å². The minimum Gasteiger partial charge on any atom is -0.455 e. The van der Waals surface area contributed by atoms with E-state index in [1.165, 1.54) is 23.9 Å². The first-order chi connectivity index (χ1) is 17.4. The van der Waals surface area contributed by atoms with Crippen LogP contribution in [0, 0.1) is 17.0 Å². The van der Waals surface area contributed by atoms with Crippen LogP contribution in [0.5, 0.6) is 5.88 Å². The van der Waals surface area contributed by atoms with Crippen molar-refractivity contribution in [3.63, 3.8) is 0 Å². The molecule has 10 nitrogen and oxygen atoms in total.